The molecule has 1 atom stereocenters. The van der Waals surface area contributed by atoms with Crippen LogP contribution >= 0.6 is 0 Å². The minimum atomic E-state index is -4.43. The van der Waals surface area contributed by atoms with Crippen molar-refractivity contribution in [3.8, 4) is 5.75 Å². The molecule has 1 amide bonds. The number of carbonyl (C=O) groups excluding carboxylic acids is 2. The molecule has 0 bridgehead atoms. The van der Waals surface area contributed by atoms with Crippen LogP contribution in [0.5, 0.6) is 5.75 Å². The van der Waals surface area contributed by atoms with Crippen molar-refractivity contribution in [3.05, 3.63) is 29.8 Å². The molecule has 0 aliphatic carbocycles. The zero-order valence-electron chi connectivity index (χ0n) is 12.9. The molecule has 5 nitrogen and oxygen atoms in total. The molecule has 1 N–H and O–H groups in total. The lowest BCUT2D eigenvalue weighted by molar-refractivity contribution is -0.146. The van der Waals surface area contributed by atoms with Gasteiger partial charge in [-0.15, -0.1) is 0 Å². The molecular weight excluding hydrogens is 315 g/mol. The summed E-state index contributed by atoms with van der Waals surface area (Å²) < 4.78 is 46.9. The van der Waals surface area contributed by atoms with Gasteiger partial charge in [-0.3, -0.25) is 4.79 Å². The highest BCUT2D eigenvalue weighted by Gasteiger charge is 2.30. The topological polar surface area (TPSA) is 64.6 Å². The third-order valence-electron chi connectivity index (χ3n) is 2.99. The van der Waals surface area contributed by atoms with Crippen molar-refractivity contribution in [1.82, 2.24) is 5.32 Å². The Bertz CT molecular complexity index is 541. The molecule has 1 aromatic carbocycles. The fourth-order valence-corrected chi connectivity index (χ4v) is 1.73. The molecule has 0 radical (unpaired) electrons. The summed E-state index contributed by atoms with van der Waals surface area (Å²) in [5.41, 5.74) is -0.806. The van der Waals surface area contributed by atoms with Crippen LogP contribution in [0.25, 0.3) is 0 Å². The summed E-state index contributed by atoms with van der Waals surface area (Å²) in [6.07, 6.45) is -4.43. The Labute approximate surface area is 131 Å². The van der Waals surface area contributed by atoms with Crippen LogP contribution in [0.2, 0.25) is 0 Å². The Morgan fingerprint density at radius 1 is 1.17 bits per heavy atom. The van der Waals surface area contributed by atoms with Gasteiger partial charge in [0.05, 0.1) is 12.7 Å². The molecule has 23 heavy (non-hydrogen) atoms. The highest BCUT2D eigenvalue weighted by molar-refractivity contribution is 5.85. The molecule has 0 spiro atoms. The normalized spacial score (nSPS) is 12.7. The van der Waals surface area contributed by atoms with E-state index >= 15 is 0 Å². The van der Waals surface area contributed by atoms with Crippen molar-refractivity contribution >= 4 is 11.9 Å². The number of benzene rings is 1. The van der Waals surface area contributed by atoms with Crippen LogP contribution in [-0.4, -0.2) is 31.6 Å². The standard InChI is InChI=1S/C15H18F3NO4/c1-9(2)13(14(21)22-3)19-12(20)8-23-11-6-4-10(5-7-11)15(16,17)18/h4-7,9,13H,8H2,1-3H3,(H,19,20)/t13-/m0/s1. The smallest absolute Gasteiger partial charge is 0.416 e. The van der Waals surface area contributed by atoms with Crippen LogP contribution in [0.3, 0.4) is 0 Å². The summed E-state index contributed by atoms with van der Waals surface area (Å²) >= 11 is 0. The van der Waals surface area contributed by atoms with Crippen LogP contribution < -0.4 is 10.1 Å². The highest BCUT2D eigenvalue weighted by Crippen LogP contribution is 2.30. The number of esters is 1. The maximum absolute atomic E-state index is 12.4. The van der Waals surface area contributed by atoms with E-state index in [1.807, 2.05) is 0 Å². The highest BCUT2D eigenvalue weighted by atomic mass is 19.4. The molecule has 0 saturated heterocycles. The first-order valence-corrected chi connectivity index (χ1v) is 6.82. The lowest BCUT2D eigenvalue weighted by Crippen LogP contribution is -2.46. The number of nitrogens with one attached hydrogen (secondary N) is 1. The number of halogens is 3. The van der Waals surface area contributed by atoms with E-state index in [9.17, 15) is 22.8 Å². The second-order valence-electron chi connectivity index (χ2n) is 5.12. The van der Waals surface area contributed by atoms with E-state index in [2.05, 4.69) is 10.1 Å². The molecule has 0 aliphatic rings. The average Bonchev–Trinajstić information content (AvgIpc) is 2.49. The predicted molar refractivity (Wildman–Crippen MR) is 75.7 cm³/mol. The van der Waals surface area contributed by atoms with Gasteiger partial charge in [0, 0.05) is 0 Å². The fourth-order valence-electron chi connectivity index (χ4n) is 1.73. The molecule has 0 aromatic heterocycles. The quantitative estimate of drug-likeness (QED) is 0.812. The van der Waals surface area contributed by atoms with Gasteiger partial charge in [-0.25, -0.2) is 4.79 Å². The van der Waals surface area contributed by atoms with Crippen LogP contribution in [0.4, 0.5) is 13.2 Å². The Hall–Kier alpha value is -2.25. The third-order valence-corrected chi connectivity index (χ3v) is 2.99. The van der Waals surface area contributed by atoms with Crippen LogP contribution in [0.15, 0.2) is 24.3 Å². The summed E-state index contributed by atoms with van der Waals surface area (Å²) in [5.74, 6) is -1.22. The first-order valence-electron chi connectivity index (χ1n) is 6.82. The van der Waals surface area contributed by atoms with Gasteiger partial charge >= 0.3 is 12.1 Å². The van der Waals surface area contributed by atoms with Gasteiger partial charge in [-0.1, -0.05) is 13.8 Å². The van der Waals surface area contributed by atoms with Gasteiger partial charge in [-0.2, -0.15) is 13.2 Å². The van der Waals surface area contributed by atoms with E-state index in [-0.39, 0.29) is 11.7 Å². The number of methoxy groups -OCH3 is 1. The number of hydrogen-bond acceptors (Lipinski definition) is 4. The number of rotatable bonds is 6. The van der Waals surface area contributed by atoms with E-state index in [1.165, 1.54) is 7.11 Å². The number of carbonyl (C=O) groups is 2. The zero-order chi connectivity index (χ0) is 17.6. The number of hydrogen-bond donors (Lipinski definition) is 1. The van der Waals surface area contributed by atoms with Crippen molar-refractivity contribution in [2.75, 3.05) is 13.7 Å². The minimum Gasteiger partial charge on any atom is -0.484 e. The molecule has 0 aliphatic heterocycles. The van der Waals surface area contributed by atoms with Crippen molar-refractivity contribution in [3.63, 3.8) is 0 Å². The van der Waals surface area contributed by atoms with Gasteiger partial charge < -0.3 is 14.8 Å². The maximum atomic E-state index is 12.4. The second kappa shape index (κ2) is 7.85. The van der Waals surface area contributed by atoms with E-state index in [0.29, 0.717) is 0 Å². The largest absolute Gasteiger partial charge is 0.484 e. The predicted octanol–water partition coefficient (Wildman–Crippen LogP) is 2.40. The summed E-state index contributed by atoms with van der Waals surface area (Å²) in [4.78, 5) is 23.3. The molecule has 0 heterocycles. The fraction of sp³-hybridized carbons (Fsp3) is 0.467. The first kappa shape index (κ1) is 18.8. The maximum Gasteiger partial charge on any atom is 0.416 e. The van der Waals surface area contributed by atoms with E-state index < -0.39 is 36.3 Å². The zero-order valence-corrected chi connectivity index (χ0v) is 12.9. The lowest BCUT2D eigenvalue weighted by atomic mass is 10.0. The van der Waals surface area contributed by atoms with Crippen molar-refractivity contribution in [2.24, 2.45) is 5.92 Å². The summed E-state index contributed by atoms with van der Waals surface area (Å²) in [6, 6.07) is 3.15. The van der Waals surface area contributed by atoms with Gasteiger partial charge in [-0.05, 0) is 30.2 Å². The van der Waals surface area contributed by atoms with Crippen molar-refractivity contribution in [1.29, 1.82) is 0 Å². The Morgan fingerprint density at radius 2 is 1.74 bits per heavy atom. The Balaban J connectivity index is 2.57. The number of amides is 1. The first-order chi connectivity index (χ1) is 10.6. The molecule has 0 unspecified atom stereocenters. The van der Waals surface area contributed by atoms with Crippen LogP contribution in [0, 0.1) is 5.92 Å². The van der Waals surface area contributed by atoms with E-state index in [0.717, 1.165) is 24.3 Å². The second-order valence-corrected chi connectivity index (χ2v) is 5.12. The van der Waals surface area contributed by atoms with E-state index in [1.54, 1.807) is 13.8 Å². The van der Waals surface area contributed by atoms with Gasteiger partial charge in [0.2, 0.25) is 0 Å². The molecule has 1 aromatic rings. The van der Waals surface area contributed by atoms with Gasteiger partial charge in [0.1, 0.15) is 11.8 Å². The third kappa shape index (κ3) is 5.80. The molecular formula is C15H18F3NO4. The number of alkyl halides is 3. The summed E-state index contributed by atoms with van der Waals surface area (Å²) in [7, 11) is 1.21. The van der Waals surface area contributed by atoms with Crippen LogP contribution in [-0.2, 0) is 20.5 Å². The minimum absolute atomic E-state index is 0.118. The van der Waals surface area contributed by atoms with Crippen molar-refractivity contribution in [2.45, 2.75) is 26.1 Å². The monoisotopic (exact) mass is 333 g/mol. The molecule has 0 saturated carbocycles. The Morgan fingerprint density at radius 3 is 2.17 bits per heavy atom. The lowest BCUT2D eigenvalue weighted by Gasteiger charge is -2.19. The van der Waals surface area contributed by atoms with E-state index in [4.69, 9.17) is 4.74 Å². The molecule has 128 valence electrons. The van der Waals surface area contributed by atoms with Gasteiger partial charge in [0.15, 0.2) is 6.61 Å². The van der Waals surface area contributed by atoms with Crippen LogP contribution in [0.1, 0.15) is 19.4 Å². The molecule has 8 heteroatoms. The molecule has 1 rings (SSSR count). The SMILES string of the molecule is COC(=O)[C@@H](NC(=O)COc1ccc(C(F)(F)F)cc1)C(C)C. The molecule has 0 fully saturated rings. The Kier molecular flexibility index (Phi) is 6.41. The van der Waals surface area contributed by atoms with Crippen molar-refractivity contribution < 1.29 is 32.2 Å². The average molecular weight is 333 g/mol. The number of ether oxygens (including phenoxy) is 2. The van der Waals surface area contributed by atoms with Gasteiger partial charge in [0.25, 0.3) is 5.91 Å². The summed E-state index contributed by atoms with van der Waals surface area (Å²) in [6.45, 7) is 3.04. The summed E-state index contributed by atoms with van der Waals surface area (Å²) in [5, 5.41) is 2.45.